The lowest BCUT2D eigenvalue weighted by atomic mass is 10.0. The molecule has 3 aromatic carbocycles. The van der Waals surface area contributed by atoms with Crippen molar-refractivity contribution in [2.45, 2.75) is 19.0 Å². The van der Waals surface area contributed by atoms with Crippen LogP contribution < -0.4 is 0 Å². The Morgan fingerprint density at radius 1 is 0.939 bits per heavy atom. The van der Waals surface area contributed by atoms with Crippen LogP contribution in [-0.4, -0.2) is 54.1 Å². The number of hydrogen-bond acceptors (Lipinski definition) is 4. The van der Waals surface area contributed by atoms with E-state index >= 15 is 0 Å². The SMILES string of the molecule is CON=C1C[C@@H](C(=O)N(C)Cc2ccccc2)N(C(=O)c2ccc(-c3ccccc3)cc2)C1. The summed E-state index contributed by atoms with van der Waals surface area (Å²) in [6.07, 6.45) is 0.361. The first-order valence-corrected chi connectivity index (χ1v) is 10.9. The van der Waals surface area contributed by atoms with Crippen molar-refractivity contribution >= 4 is 17.5 Å². The molecule has 0 N–H and O–H groups in total. The first-order valence-electron chi connectivity index (χ1n) is 10.9. The fourth-order valence-electron chi connectivity index (χ4n) is 4.13. The maximum absolute atomic E-state index is 13.4. The number of carbonyl (C=O) groups is 2. The van der Waals surface area contributed by atoms with Gasteiger partial charge < -0.3 is 14.6 Å². The van der Waals surface area contributed by atoms with Gasteiger partial charge in [-0.3, -0.25) is 9.59 Å². The fraction of sp³-hybridized carbons (Fsp3) is 0.222. The van der Waals surface area contributed by atoms with Crippen LogP contribution in [0.3, 0.4) is 0 Å². The molecule has 3 aromatic rings. The van der Waals surface area contributed by atoms with Gasteiger partial charge in [0.05, 0.1) is 12.3 Å². The second kappa shape index (κ2) is 10.1. The van der Waals surface area contributed by atoms with Crippen LogP contribution in [0.25, 0.3) is 11.1 Å². The predicted molar refractivity (Wildman–Crippen MR) is 129 cm³/mol. The summed E-state index contributed by atoms with van der Waals surface area (Å²) >= 11 is 0. The molecule has 0 unspecified atom stereocenters. The first kappa shape index (κ1) is 22.3. The molecular weight excluding hydrogens is 414 g/mol. The van der Waals surface area contributed by atoms with Crippen molar-refractivity contribution < 1.29 is 14.4 Å². The van der Waals surface area contributed by atoms with Gasteiger partial charge in [-0.1, -0.05) is 78.0 Å². The smallest absolute Gasteiger partial charge is 0.254 e. The highest BCUT2D eigenvalue weighted by molar-refractivity contribution is 6.05. The van der Waals surface area contributed by atoms with Crippen LogP contribution in [0.5, 0.6) is 0 Å². The highest BCUT2D eigenvalue weighted by atomic mass is 16.6. The molecule has 1 aliphatic rings. The summed E-state index contributed by atoms with van der Waals surface area (Å²) in [5.74, 6) is -0.309. The third-order valence-electron chi connectivity index (χ3n) is 5.80. The molecule has 168 valence electrons. The molecule has 6 nitrogen and oxygen atoms in total. The number of oxime groups is 1. The van der Waals surface area contributed by atoms with Crippen LogP contribution in [0.4, 0.5) is 0 Å². The molecule has 0 bridgehead atoms. The lowest BCUT2D eigenvalue weighted by molar-refractivity contribution is -0.134. The zero-order chi connectivity index (χ0) is 23.2. The van der Waals surface area contributed by atoms with Crippen LogP contribution in [0.1, 0.15) is 22.3 Å². The summed E-state index contributed by atoms with van der Waals surface area (Å²) in [4.78, 5) is 34.9. The minimum Gasteiger partial charge on any atom is -0.399 e. The normalized spacial score (nSPS) is 16.6. The number of rotatable bonds is 6. The molecule has 1 aliphatic heterocycles. The van der Waals surface area contributed by atoms with Crippen LogP contribution in [0, 0.1) is 0 Å². The van der Waals surface area contributed by atoms with Crippen LogP contribution in [0.15, 0.2) is 90.1 Å². The van der Waals surface area contributed by atoms with Gasteiger partial charge in [-0.2, -0.15) is 0 Å². The van der Waals surface area contributed by atoms with E-state index in [-0.39, 0.29) is 18.4 Å². The van der Waals surface area contributed by atoms with Crippen LogP contribution in [-0.2, 0) is 16.2 Å². The molecule has 0 aliphatic carbocycles. The van der Waals surface area contributed by atoms with Crippen molar-refractivity contribution in [1.29, 1.82) is 0 Å². The summed E-state index contributed by atoms with van der Waals surface area (Å²) in [5.41, 5.74) is 4.37. The number of carbonyl (C=O) groups excluding carboxylic acids is 2. The lowest BCUT2D eigenvalue weighted by Gasteiger charge is -2.27. The fourth-order valence-corrected chi connectivity index (χ4v) is 4.13. The van der Waals surface area contributed by atoms with Gasteiger partial charge in [-0.05, 0) is 28.8 Å². The maximum atomic E-state index is 13.4. The average Bonchev–Trinajstić information content (AvgIpc) is 3.28. The Morgan fingerprint density at radius 3 is 2.18 bits per heavy atom. The molecule has 1 atom stereocenters. The Bertz CT molecular complexity index is 1130. The summed E-state index contributed by atoms with van der Waals surface area (Å²) < 4.78 is 0. The van der Waals surface area contributed by atoms with E-state index in [1.54, 1.807) is 16.8 Å². The van der Waals surface area contributed by atoms with Crippen molar-refractivity contribution in [2.75, 3.05) is 20.7 Å². The van der Waals surface area contributed by atoms with E-state index in [2.05, 4.69) is 5.16 Å². The van der Waals surface area contributed by atoms with Crippen molar-refractivity contribution in [2.24, 2.45) is 5.16 Å². The Hall–Kier alpha value is -3.93. The summed E-state index contributed by atoms with van der Waals surface area (Å²) in [7, 11) is 3.23. The monoisotopic (exact) mass is 441 g/mol. The topological polar surface area (TPSA) is 62.2 Å². The highest BCUT2D eigenvalue weighted by Crippen LogP contribution is 2.24. The Balaban J connectivity index is 1.54. The zero-order valence-electron chi connectivity index (χ0n) is 18.8. The Labute approximate surface area is 194 Å². The zero-order valence-corrected chi connectivity index (χ0v) is 18.8. The quantitative estimate of drug-likeness (QED) is 0.538. The van der Waals surface area contributed by atoms with Crippen LogP contribution in [0.2, 0.25) is 0 Å². The number of amides is 2. The van der Waals surface area contributed by atoms with Gasteiger partial charge in [-0.25, -0.2) is 0 Å². The third-order valence-corrected chi connectivity index (χ3v) is 5.80. The second-order valence-corrected chi connectivity index (χ2v) is 8.12. The standard InChI is InChI=1S/C27H27N3O3/c1-29(18-20-9-5-3-6-10-20)27(32)25-17-24(28-33-2)19-30(25)26(31)23-15-13-22(14-16-23)21-11-7-4-8-12-21/h3-16,25H,17-19H2,1-2H3/t25-/m0/s1. The average molecular weight is 442 g/mol. The van der Waals surface area contributed by atoms with E-state index in [4.69, 9.17) is 4.84 Å². The summed E-state index contributed by atoms with van der Waals surface area (Å²) in [6.45, 7) is 0.740. The first-order chi connectivity index (χ1) is 16.1. The van der Waals surface area contributed by atoms with Gasteiger partial charge in [0.1, 0.15) is 13.2 Å². The number of hydrogen-bond donors (Lipinski definition) is 0. The predicted octanol–water partition coefficient (Wildman–Crippen LogP) is 4.23. The number of likely N-dealkylation sites (N-methyl/N-ethyl adjacent to an activating group) is 1. The maximum Gasteiger partial charge on any atom is 0.254 e. The molecule has 4 rings (SSSR count). The van der Waals surface area contributed by atoms with Gasteiger partial charge in [0.15, 0.2) is 0 Å². The summed E-state index contributed by atoms with van der Waals surface area (Å²) in [6, 6.07) is 26.7. The highest BCUT2D eigenvalue weighted by Gasteiger charge is 2.39. The van der Waals surface area contributed by atoms with Gasteiger partial charge in [-0.15, -0.1) is 0 Å². The van der Waals surface area contributed by atoms with Crippen molar-refractivity contribution in [3.8, 4) is 11.1 Å². The van der Waals surface area contributed by atoms with E-state index in [1.165, 1.54) is 7.11 Å². The number of nitrogens with zero attached hydrogens (tertiary/aromatic N) is 3. The van der Waals surface area contributed by atoms with E-state index in [1.807, 2.05) is 84.9 Å². The molecular formula is C27H27N3O3. The van der Waals surface area contributed by atoms with Crippen LogP contribution >= 0.6 is 0 Å². The van der Waals surface area contributed by atoms with Gasteiger partial charge in [0, 0.05) is 25.6 Å². The molecule has 0 aromatic heterocycles. The Morgan fingerprint density at radius 2 is 1.55 bits per heavy atom. The minimum absolute atomic E-state index is 0.116. The minimum atomic E-state index is -0.617. The van der Waals surface area contributed by atoms with E-state index in [0.717, 1.165) is 16.7 Å². The number of benzene rings is 3. The molecule has 0 radical (unpaired) electrons. The third kappa shape index (κ3) is 5.12. The van der Waals surface area contributed by atoms with Crippen molar-refractivity contribution in [3.63, 3.8) is 0 Å². The molecule has 6 heteroatoms. The molecule has 1 fully saturated rings. The molecule has 0 saturated carbocycles. The van der Waals surface area contributed by atoms with Gasteiger partial charge in [0.2, 0.25) is 5.91 Å². The summed E-state index contributed by atoms with van der Waals surface area (Å²) in [5, 5.41) is 4.03. The second-order valence-electron chi connectivity index (χ2n) is 8.12. The molecule has 33 heavy (non-hydrogen) atoms. The largest absolute Gasteiger partial charge is 0.399 e. The van der Waals surface area contributed by atoms with E-state index in [9.17, 15) is 9.59 Å². The number of likely N-dealkylation sites (tertiary alicyclic amines) is 1. The van der Waals surface area contributed by atoms with Gasteiger partial charge >= 0.3 is 0 Å². The van der Waals surface area contributed by atoms with Gasteiger partial charge in [0.25, 0.3) is 5.91 Å². The molecule has 2 amide bonds. The Kier molecular flexibility index (Phi) is 6.83. The molecule has 0 spiro atoms. The molecule has 1 heterocycles. The van der Waals surface area contributed by atoms with E-state index in [0.29, 0.717) is 24.2 Å². The van der Waals surface area contributed by atoms with E-state index < -0.39 is 6.04 Å². The molecule has 1 saturated heterocycles. The lowest BCUT2D eigenvalue weighted by Crippen LogP contribution is -2.46. The van der Waals surface area contributed by atoms with Crippen molar-refractivity contribution in [3.05, 3.63) is 96.1 Å². The van der Waals surface area contributed by atoms with Crippen molar-refractivity contribution in [1.82, 2.24) is 9.80 Å².